The third-order valence-electron chi connectivity index (χ3n) is 2.93. The average Bonchev–Trinajstić information content (AvgIpc) is 2.98. The maximum absolute atomic E-state index is 8.92. The van der Waals surface area contributed by atoms with Gasteiger partial charge in [0.05, 0.1) is 17.2 Å². The lowest BCUT2D eigenvalue weighted by Gasteiger charge is -1.99. The molecule has 0 bridgehead atoms. The van der Waals surface area contributed by atoms with Gasteiger partial charge in [-0.15, -0.1) is 10.2 Å². The van der Waals surface area contributed by atoms with Crippen LogP contribution in [0.25, 0.3) is 22.9 Å². The third-order valence-corrected chi connectivity index (χ3v) is 2.93. The standard InChI is InChI=1S/C15H10N4O/c1-10-7-11(4-5-12(10)8-16)14-18-19-15(20-14)13-3-2-6-17-9-13/h2-7,9H,1H3. The highest BCUT2D eigenvalue weighted by molar-refractivity contribution is 5.59. The molecule has 0 aliphatic heterocycles. The zero-order chi connectivity index (χ0) is 13.9. The zero-order valence-electron chi connectivity index (χ0n) is 10.7. The first-order valence-electron chi connectivity index (χ1n) is 6.03. The number of aromatic nitrogens is 3. The molecule has 0 amide bonds. The average molecular weight is 262 g/mol. The van der Waals surface area contributed by atoms with Gasteiger partial charge in [-0.3, -0.25) is 4.98 Å². The molecule has 1 aromatic carbocycles. The molecule has 0 spiro atoms. The third kappa shape index (κ3) is 2.15. The van der Waals surface area contributed by atoms with Crippen LogP contribution in [0.5, 0.6) is 0 Å². The first-order valence-corrected chi connectivity index (χ1v) is 6.03. The molecule has 0 fully saturated rings. The molecule has 2 aromatic heterocycles. The first kappa shape index (κ1) is 12.1. The second kappa shape index (κ2) is 4.94. The zero-order valence-corrected chi connectivity index (χ0v) is 10.7. The Hall–Kier alpha value is -3.00. The van der Waals surface area contributed by atoms with Gasteiger partial charge in [0, 0.05) is 18.0 Å². The van der Waals surface area contributed by atoms with Crippen molar-refractivity contribution >= 4 is 0 Å². The summed E-state index contributed by atoms with van der Waals surface area (Å²) in [5, 5.41) is 17.0. The summed E-state index contributed by atoms with van der Waals surface area (Å²) in [6, 6.07) is 11.2. The van der Waals surface area contributed by atoms with Crippen LogP contribution in [0.15, 0.2) is 47.1 Å². The fourth-order valence-electron chi connectivity index (χ4n) is 1.87. The predicted octanol–water partition coefficient (Wildman–Crippen LogP) is 2.98. The molecule has 0 radical (unpaired) electrons. The number of rotatable bonds is 2. The van der Waals surface area contributed by atoms with Gasteiger partial charge in [0.2, 0.25) is 11.8 Å². The van der Waals surface area contributed by atoms with Gasteiger partial charge in [0.15, 0.2) is 0 Å². The van der Waals surface area contributed by atoms with Crippen LogP contribution in [-0.4, -0.2) is 15.2 Å². The van der Waals surface area contributed by atoms with Gasteiger partial charge in [-0.2, -0.15) is 5.26 Å². The Morgan fingerprint density at radius 3 is 2.55 bits per heavy atom. The van der Waals surface area contributed by atoms with E-state index in [-0.39, 0.29) is 0 Å². The van der Waals surface area contributed by atoms with Gasteiger partial charge < -0.3 is 4.42 Å². The summed E-state index contributed by atoms with van der Waals surface area (Å²) in [5.74, 6) is 0.853. The van der Waals surface area contributed by atoms with Crippen molar-refractivity contribution in [1.82, 2.24) is 15.2 Å². The Balaban J connectivity index is 1.99. The van der Waals surface area contributed by atoms with Crippen molar-refractivity contribution in [1.29, 1.82) is 5.26 Å². The number of hydrogen-bond acceptors (Lipinski definition) is 5. The fraction of sp³-hybridized carbons (Fsp3) is 0.0667. The van der Waals surface area contributed by atoms with E-state index in [0.29, 0.717) is 17.3 Å². The molecule has 0 saturated carbocycles. The van der Waals surface area contributed by atoms with E-state index in [2.05, 4.69) is 21.3 Å². The summed E-state index contributed by atoms with van der Waals surface area (Å²) in [5.41, 5.74) is 3.09. The van der Waals surface area contributed by atoms with Gasteiger partial charge in [-0.25, -0.2) is 0 Å². The molecule has 0 saturated heterocycles. The Morgan fingerprint density at radius 2 is 1.90 bits per heavy atom. The van der Waals surface area contributed by atoms with Crippen molar-refractivity contribution in [2.45, 2.75) is 6.92 Å². The molecule has 3 rings (SSSR count). The molecular weight excluding hydrogens is 252 g/mol. The van der Waals surface area contributed by atoms with E-state index in [4.69, 9.17) is 9.68 Å². The number of aryl methyl sites for hydroxylation is 1. The number of pyridine rings is 1. The smallest absolute Gasteiger partial charge is 0.249 e. The highest BCUT2D eigenvalue weighted by Gasteiger charge is 2.11. The summed E-state index contributed by atoms with van der Waals surface area (Å²) >= 11 is 0. The molecule has 96 valence electrons. The maximum atomic E-state index is 8.92. The molecule has 5 heteroatoms. The predicted molar refractivity (Wildman–Crippen MR) is 72.4 cm³/mol. The highest BCUT2D eigenvalue weighted by Crippen LogP contribution is 2.24. The quantitative estimate of drug-likeness (QED) is 0.709. The van der Waals surface area contributed by atoms with Crippen LogP contribution >= 0.6 is 0 Å². The summed E-state index contributed by atoms with van der Waals surface area (Å²) in [4.78, 5) is 4.02. The van der Waals surface area contributed by atoms with Gasteiger partial charge in [-0.1, -0.05) is 0 Å². The van der Waals surface area contributed by atoms with E-state index in [1.165, 1.54) is 0 Å². The summed E-state index contributed by atoms with van der Waals surface area (Å²) in [6.07, 6.45) is 3.35. The molecule has 3 aromatic rings. The van der Waals surface area contributed by atoms with Crippen molar-refractivity contribution in [3.63, 3.8) is 0 Å². The Bertz CT molecular complexity index is 787. The van der Waals surface area contributed by atoms with Crippen molar-refractivity contribution < 1.29 is 4.42 Å². The SMILES string of the molecule is Cc1cc(-c2nnc(-c3cccnc3)o2)ccc1C#N. The van der Waals surface area contributed by atoms with Crippen molar-refractivity contribution in [2.24, 2.45) is 0 Å². The Morgan fingerprint density at radius 1 is 1.10 bits per heavy atom. The van der Waals surface area contributed by atoms with Gasteiger partial charge >= 0.3 is 0 Å². The van der Waals surface area contributed by atoms with E-state index in [0.717, 1.165) is 16.7 Å². The lowest BCUT2D eigenvalue weighted by Crippen LogP contribution is -1.84. The van der Waals surface area contributed by atoms with Gasteiger partial charge in [0.25, 0.3) is 0 Å². The van der Waals surface area contributed by atoms with E-state index in [1.807, 2.05) is 25.1 Å². The Kier molecular flexibility index (Phi) is 2.98. The molecular formula is C15H10N4O. The van der Waals surface area contributed by atoms with E-state index in [1.54, 1.807) is 24.5 Å². The molecule has 0 N–H and O–H groups in total. The molecule has 0 unspecified atom stereocenters. The number of benzene rings is 1. The lowest BCUT2D eigenvalue weighted by molar-refractivity contribution is 0.584. The molecule has 0 aliphatic rings. The number of hydrogen-bond donors (Lipinski definition) is 0. The van der Waals surface area contributed by atoms with Crippen LogP contribution < -0.4 is 0 Å². The number of nitriles is 1. The monoisotopic (exact) mass is 262 g/mol. The molecule has 0 atom stereocenters. The molecule has 20 heavy (non-hydrogen) atoms. The van der Waals surface area contributed by atoms with Crippen LogP contribution in [0.1, 0.15) is 11.1 Å². The van der Waals surface area contributed by atoms with E-state index >= 15 is 0 Å². The maximum Gasteiger partial charge on any atom is 0.249 e. The topological polar surface area (TPSA) is 75.6 Å². The summed E-state index contributed by atoms with van der Waals surface area (Å²) in [6.45, 7) is 1.88. The van der Waals surface area contributed by atoms with Crippen molar-refractivity contribution in [3.8, 4) is 29.0 Å². The normalized spacial score (nSPS) is 10.2. The second-order valence-electron chi connectivity index (χ2n) is 4.30. The van der Waals surface area contributed by atoms with Crippen LogP contribution in [0, 0.1) is 18.3 Å². The van der Waals surface area contributed by atoms with Crippen molar-refractivity contribution in [3.05, 3.63) is 53.9 Å². The molecule has 2 heterocycles. The minimum absolute atomic E-state index is 0.426. The van der Waals surface area contributed by atoms with Crippen LogP contribution in [-0.2, 0) is 0 Å². The second-order valence-corrected chi connectivity index (χ2v) is 4.30. The largest absolute Gasteiger partial charge is 0.416 e. The minimum Gasteiger partial charge on any atom is -0.416 e. The Labute approximate surface area is 115 Å². The lowest BCUT2D eigenvalue weighted by atomic mass is 10.1. The highest BCUT2D eigenvalue weighted by atomic mass is 16.4. The summed E-state index contributed by atoms with van der Waals surface area (Å²) in [7, 11) is 0. The van der Waals surface area contributed by atoms with Crippen LogP contribution in [0.3, 0.4) is 0 Å². The van der Waals surface area contributed by atoms with Gasteiger partial charge in [0.1, 0.15) is 0 Å². The van der Waals surface area contributed by atoms with E-state index in [9.17, 15) is 0 Å². The molecule has 0 aliphatic carbocycles. The first-order chi connectivity index (χ1) is 9.78. The van der Waals surface area contributed by atoms with Crippen LogP contribution in [0.4, 0.5) is 0 Å². The number of nitrogens with zero attached hydrogens (tertiary/aromatic N) is 4. The minimum atomic E-state index is 0.426. The van der Waals surface area contributed by atoms with E-state index < -0.39 is 0 Å². The fourth-order valence-corrected chi connectivity index (χ4v) is 1.87. The summed E-state index contributed by atoms with van der Waals surface area (Å²) < 4.78 is 5.64. The van der Waals surface area contributed by atoms with Crippen LogP contribution in [0.2, 0.25) is 0 Å². The molecule has 5 nitrogen and oxygen atoms in total. The van der Waals surface area contributed by atoms with Gasteiger partial charge in [-0.05, 0) is 42.8 Å². The van der Waals surface area contributed by atoms with Crippen molar-refractivity contribution in [2.75, 3.05) is 0 Å².